The van der Waals surface area contributed by atoms with E-state index in [1.54, 1.807) is 12.1 Å². The molecule has 0 saturated heterocycles. The molecule has 0 saturated carbocycles. The first kappa shape index (κ1) is 17.7. The number of benzene rings is 1. The zero-order valence-corrected chi connectivity index (χ0v) is 14.0. The molecule has 0 unspecified atom stereocenters. The van der Waals surface area contributed by atoms with Gasteiger partial charge in [0.15, 0.2) is 0 Å². The number of aryl methyl sites for hydroxylation is 1. The lowest BCUT2D eigenvalue weighted by atomic mass is 10.1. The summed E-state index contributed by atoms with van der Waals surface area (Å²) >= 11 is 0. The Bertz CT molecular complexity index is 795. The van der Waals surface area contributed by atoms with E-state index in [-0.39, 0.29) is 11.8 Å². The number of carbonyl (C=O) groups excluding carboxylic acids is 2. The summed E-state index contributed by atoms with van der Waals surface area (Å²) in [5, 5.41) is 6.39. The Balaban J connectivity index is 1.84. The van der Waals surface area contributed by atoms with E-state index >= 15 is 0 Å². The summed E-state index contributed by atoms with van der Waals surface area (Å²) in [7, 11) is 0. The van der Waals surface area contributed by atoms with E-state index in [9.17, 15) is 14.4 Å². The summed E-state index contributed by atoms with van der Waals surface area (Å²) in [4.78, 5) is 34.1. The standard InChI is InChI=1S/C18H22N2O4/c1-12-10-18(23)24-16-11-14(7-8-15(12)16)20-17(22)6-4-3-5-9-19-13(2)21/h7-8,10-11H,3-6,9H2,1-2H3,(H,19,21)(H,20,22). The van der Waals surface area contributed by atoms with Crippen LogP contribution in [0.25, 0.3) is 11.0 Å². The molecule has 0 spiro atoms. The molecule has 128 valence electrons. The average Bonchev–Trinajstić information content (AvgIpc) is 2.49. The van der Waals surface area contributed by atoms with E-state index in [1.165, 1.54) is 13.0 Å². The van der Waals surface area contributed by atoms with Gasteiger partial charge in [0.2, 0.25) is 11.8 Å². The summed E-state index contributed by atoms with van der Waals surface area (Å²) in [6.45, 7) is 3.97. The molecule has 1 heterocycles. The van der Waals surface area contributed by atoms with Gasteiger partial charge < -0.3 is 15.1 Å². The molecule has 0 atom stereocenters. The van der Waals surface area contributed by atoms with Gasteiger partial charge in [-0.1, -0.05) is 6.42 Å². The number of nitrogens with one attached hydrogen (secondary N) is 2. The summed E-state index contributed by atoms with van der Waals surface area (Å²) in [6, 6.07) is 6.74. The minimum Gasteiger partial charge on any atom is -0.423 e. The number of rotatable bonds is 7. The minimum absolute atomic E-state index is 0.0362. The molecule has 0 aliphatic carbocycles. The molecule has 2 rings (SSSR count). The van der Waals surface area contributed by atoms with Crippen molar-refractivity contribution in [2.45, 2.75) is 39.5 Å². The van der Waals surface area contributed by atoms with Crippen LogP contribution in [0, 0.1) is 6.92 Å². The van der Waals surface area contributed by atoms with Gasteiger partial charge in [0.1, 0.15) is 5.58 Å². The van der Waals surface area contributed by atoms with Gasteiger partial charge in [0.05, 0.1) is 0 Å². The quantitative estimate of drug-likeness (QED) is 0.603. The lowest BCUT2D eigenvalue weighted by Gasteiger charge is -2.07. The Morgan fingerprint density at radius 1 is 1.12 bits per heavy atom. The Morgan fingerprint density at radius 2 is 1.92 bits per heavy atom. The van der Waals surface area contributed by atoms with Crippen molar-refractivity contribution in [3.05, 3.63) is 40.2 Å². The highest BCUT2D eigenvalue weighted by molar-refractivity contribution is 5.93. The third-order valence-corrected chi connectivity index (χ3v) is 3.69. The molecule has 0 bridgehead atoms. The van der Waals surface area contributed by atoms with Crippen molar-refractivity contribution in [2.75, 3.05) is 11.9 Å². The maximum absolute atomic E-state index is 12.0. The van der Waals surface area contributed by atoms with Crippen molar-refractivity contribution in [3.63, 3.8) is 0 Å². The van der Waals surface area contributed by atoms with E-state index in [0.29, 0.717) is 24.2 Å². The average molecular weight is 330 g/mol. The van der Waals surface area contributed by atoms with Gasteiger partial charge in [-0.3, -0.25) is 9.59 Å². The highest BCUT2D eigenvalue weighted by Gasteiger charge is 2.06. The molecule has 2 aromatic rings. The SMILES string of the molecule is CC(=O)NCCCCCC(=O)Nc1ccc2c(C)cc(=O)oc2c1. The van der Waals surface area contributed by atoms with Crippen LogP contribution in [0.15, 0.2) is 33.5 Å². The molecule has 6 nitrogen and oxygen atoms in total. The molecule has 0 aliphatic heterocycles. The number of anilines is 1. The Labute approximate surface area is 140 Å². The normalized spacial score (nSPS) is 10.6. The van der Waals surface area contributed by atoms with Crippen LogP contribution >= 0.6 is 0 Å². The smallest absolute Gasteiger partial charge is 0.336 e. The predicted octanol–water partition coefficient (Wildman–Crippen LogP) is 2.74. The van der Waals surface area contributed by atoms with E-state index < -0.39 is 5.63 Å². The van der Waals surface area contributed by atoms with Gasteiger partial charge >= 0.3 is 5.63 Å². The van der Waals surface area contributed by atoms with Crippen LogP contribution < -0.4 is 16.3 Å². The van der Waals surface area contributed by atoms with E-state index in [0.717, 1.165) is 30.2 Å². The first-order valence-electron chi connectivity index (χ1n) is 8.04. The second kappa shape index (κ2) is 8.29. The molecule has 2 amide bonds. The summed E-state index contributed by atoms with van der Waals surface area (Å²) < 4.78 is 5.17. The summed E-state index contributed by atoms with van der Waals surface area (Å²) in [5.74, 6) is -0.116. The lowest BCUT2D eigenvalue weighted by molar-refractivity contribution is -0.119. The van der Waals surface area contributed by atoms with Crippen LogP contribution in [-0.4, -0.2) is 18.4 Å². The van der Waals surface area contributed by atoms with Gasteiger partial charge in [0, 0.05) is 43.1 Å². The monoisotopic (exact) mass is 330 g/mol. The highest BCUT2D eigenvalue weighted by Crippen LogP contribution is 2.20. The summed E-state index contributed by atoms with van der Waals surface area (Å²) in [6.07, 6.45) is 2.90. The van der Waals surface area contributed by atoms with Crippen LogP contribution in [0.2, 0.25) is 0 Å². The maximum Gasteiger partial charge on any atom is 0.336 e. The fourth-order valence-electron chi connectivity index (χ4n) is 2.48. The molecule has 6 heteroatoms. The van der Waals surface area contributed by atoms with Crippen LogP contribution in [0.5, 0.6) is 0 Å². The zero-order valence-electron chi connectivity index (χ0n) is 14.0. The third-order valence-electron chi connectivity index (χ3n) is 3.69. The van der Waals surface area contributed by atoms with E-state index in [2.05, 4.69) is 10.6 Å². The topological polar surface area (TPSA) is 88.4 Å². The third kappa shape index (κ3) is 5.22. The van der Waals surface area contributed by atoms with Gasteiger partial charge in [-0.2, -0.15) is 0 Å². The van der Waals surface area contributed by atoms with Gasteiger partial charge in [-0.05, 0) is 37.5 Å². The zero-order chi connectivity index (χ0) is 17.5. The van der Waals surface area contributed by atoms with Crippen LogP contribution in [0.3, 0.4) is 0 Å². The molecule has 1 aromatic heterocycles. The first-order valence-corrected chi connectivity index (χ1v) is 8.04. The Morgan fingerprint density at radius 3 is 2.67 bits per heavy atom. The number of unbranched alkanes of at least 4 members (excludes halogenated alkanes) is 2. The van der Waals surface area contributed by atoms with Crippen molar-refractivity contribution < 1.29 is 14.0 Å². The minimum atomic E-state index is -0.400. The number of fused-ring (bicyclic) bond motifs is 1. The maximum atomic E-state index is 12.0. The Kier molecular flexibility index (Phi) is 6.12. The molecule has 24 heavy (non-hydrogen) atoms. The van der Waals surface area contributed by atoms with Gasteiger partial charge in [-0.15, -0.1) is 0 Å². The first-order chi connectivity index (χ1) is 11.5. The number of amides is 2. The van der Waals surface area contributed by atoms with Crippen molar-refractivity contribution in [1.29, 1.82) is 0 Å². The van der Waals surface area contributed by atoms with E-state index in [4.69, 9.17) is 4.42 Å². The van der Waals surface area contributed by atoms with E-state index in [1.807, 2.05) is 13.0 Å². The number of carbonyl (C=O) groups is 2. The summed E-state index contributed by atoms with van der Waals surface area (Å²) in [5.41, 5.74) is 1.52. The van der Waals surface area contributed by atoms with Crippen molar-refractivity contribution in [3.8, 4) is 0 Å². The Hall–Kier alpha value is -2.63. The fourth-order valence-corrected chi connectivity index (χ4v) is 2.48. The second-order valence-corrected chi connectivity index (χ2v) is 5.80. The van der Waals surface area contributed by atoms with Gasteiger partial charge in [0.25, 0.3) is 0 Å². The molecule has 0 fully saturated rings. The van der Waals surface area contributed by atoms with Crippen LogP contribution in [0.4, 0.5) is 5.69 Å². The van der Waals surface area contributed by atoms with Crippen molar-refractivity contribution in [2.24, 2.45) is 0 Å². The highest BCUT2D eigenvalue weighted by atomic mass is 16.4. The fraction of sp³-hybridized carbons (Fsp3) is 0.389. The van der Waals surface area contributed by atoms with Gasteiger partial charge in [-0.25, -0.2) is 4.79 Å². The van der Waals surface area contributed by atoms with Crippen molar-refractivity contribution in [1.82, 2.24) is 5.32 Å². The molecular formula is C18H22N2O4. The molecule has 1 aromatic carbocycles. The molecule has 0 radical (unpaired) electrons. The predicted molar refractivity (Wildman–Crippen MR) is 93.0 cm³/mol. The van der Waals surface area contributed by atoms with Crippen LogP contribution in [0.1, 0.15) is 38.2 Å². The molecule has 0 aliphatic rings. The number of hydrogen-bond acceptors (Lipinski definition) is 4. The number of hydrogen-bond donors (Lipinski definition) is 2. The molecular weight excluding hydrogens is 308 g/mol. The second-order valence-electron chi connectivity index (χ2n) is 5.80. The van der Waals surface area contributed by atoms with Crippen LogP contribution in [-0.2, 0) is 9.59 Å². The molecule has 2 N–H and O–H groups in total. The largest absolute Gasteiger partial charge is 0.423 e. The lowest BCUT2D eigenvalue weighted by Crippen LogP contribution is -2.20. The van der Waals surface area contributed by atoms with Crippen molar-refractivity contribution >= 4 is 28.5 Å².